The Labute approximate surface area is 114 Å². The van der Waals surface area contributed by atoms with E-state index in [0.717, 1.165) is 18.9 Å². The summed E-state index contributed by atoms with van der Waals surface area (Å²) in [6.07, 6.45) is 6.17. The minimum atomic E-state index is 0.361. The van der Waals surface area contributed by atoms with Crippen LogP contribution < -0.4 is 4.74 Å². The molecule has 0 saturated carbocycles. The largest absolute Gasteiger partial charge is 0.493 e. The number of aromatic nitrogens is 1. The molecular formula is C16H21NO2. The van der Waals surface area contributed by atoms with E-state index in [-0.39, 0.29) is 0 Å². The summed E-state index contributed by atoms with van der Waals surface area (Å²) in [6, 6.07) is 8.39. The van der Waals surface area contributed by atoms with Crippen LogP contribution in [0.15, 0.2) is 30.5 Å². The van der Waals surface area contributed by atoms with Crippen LogP contribution in [-0.2, 0) is 11.3 Å². The fourth-order valence-corrected chi connectivity index (χ4v) is 2.81. The zero-order chi connectivity index (χ0) is 13.1. The lowest BCUT2D eigenvalue weighted by molar-refractivity contribution is 0.00670. The van der Waals surface area contributed by atoms with Gasteiger partial charge in [-0.2, -0.15) is 0 Å². The highest BCUT2D eigenvalue weighted by atomic mass is 16.5. The highest BCUT2D eigenvalue weighted by Crippen LogP contribution is 2.27. The molecule has 1 atom stereocenters. The Hall–Kier alpha value is -1.48. The van der Waals surface area contributed by atoms with Crippen LogP contribution in [0, 0.1) is 0 Å². The van der Waals surface area contributed by atoms with E-state index in [2.05, 4.69) is 29.0 Å². The molecule has 0 aliphatic carbocycles. The van der Waals surface area contributed by atoms with Crippen LogP contribution in [0.2, 0.25) is 0 Å². The summed E-state index contributed by atoms with van der Waals surface area (Å²) in [5.74, 6) is 0.975. The van der Waals surface area contributed by atoms with Crippen LogP contribution in [0.4, 0.5) is 0 Å². The van der Waals surface area contributed by atoms with Crippen molar-refractivity contribution in [3.63, 3.8) is 0 Å². The molecule has 0 N–H and O–H groups in total. The molecule has 2 aromatic rings. The van der Waals surface area contributed by atoms with Gasteiger partial charge in [-0.3, -0.25) is 0 Å². The lowest BCUT2D eigenvalue weighted by Gasteiger charge is -2.23. The van der Waals surface area contributed by atoms with Gasteiger partial charge in [-0.05, 0) is 44.4 Å². The molecule has 3 nitrogen and oxygen atoms in total. The number of hydrogen-bond acceptors (Lipinski definition) is 2. The second-order valence-electron chi connectivity index (χ2n) is 5.08. The van der Waals surface area contributed by atoms with Gasteiger partial charge in [0.1, 0.15) is 5.75 Å². The van der Waals surface area contributed by atoms with Gasteiger partial charge in [0.15, 0.2) is 0 Å². The van der Waals surface area contributed by atoms with E-state index in [4.69, 9.17) is 9.47 Å². The van der Waals surface area contributed by atoms with Gasteiger partial charge in [0.2, 0.25) is 0 Å². The Bertz CT molecular complexity index is 541. The van der Waals surface area contributed by atoms with Crippen LogP contribution in [0.25, 0.3) is 10.9 Å². The van der Waals surface area contributed by atoms with E-state index in [1.807, 2.05) is 13.0 Å². The predicted molar refractivity (Wildman–Crippen MR) is 76.7 cm³/mol. The van der Waals surface area contributed by atoms with Gasteiger partial charge < -0.3 is 14.0 Å². The maximum absolute atomic E-state index is 5.83. The van der Waals surface area contributed by atoms with Crippen LogP contribution in [-0.4, -0.2) is 23.9 Å². The van der Waals surface area contributed by atoms with Crippen molar-refractivity contribution in [1.29, 1.82) is 0 Å². The number of hydrogen-bond donors (Lipinski definition) is 0. The molecule has 1 aliphatic rings. The summed E-state index contributed by atoms with van der Waals surface area (Å²) in [5, 5.41) is 1.19. The summed E-state index contributed by atoms with van der Waals surface area (Å²) in [5.41, 5.74) is 1.24. The van der Waals surface area contributed by atoms with Crippen LogP contribution in [0.3, 0.4) is 0 Å². The molecule has 1 saturated heterocycles. The van der Waals surface area contributed by atoms with Crippen molar-refractivity contribution in [2.45, 2.75) is 38.8 Å². The third-order valence-corrected chi connectivity index (χ3v) is 3.75. The van der Waals surface area contributed by atoms with Crippen molar-refractivity contribution in [3.8, 4) is 5.75 Å². The van der Waals surface area contributed by atoms with Gasteiger partial charge in [0, 0.05) is 24.7 Å². The number of nitrogens with zero attached hydrogens (tertiary/aromatic N) is 1. The monoisotopic (exact) mass is 259 g/mol. The number of fused-ring (bicyclic) bond motifs is 1. The third kappa shape index (κ3) is 2.61. The van der Waals surface area contributed by atoms with Gasteiger partial charge in [-0.1, -0.05) is 6.07 Å². The van der Waals surface area contributed by atoms with E-state index in [1.165, 1.54) is 30.2 Å². The van der Waals surface area contributed by atoms with Crippen LogP contribution >= 0.6 is 0 Å². The molecule has 2 heterocycles. The van der Waals surface area contributed by atoms with Crippen molar-refractivity contribution in [1.82, 2.24) is 4.57 Å². The van der Waals surface area contributed by atoms with E-state index in [0.29, 0.717) is 12.7 Å². The Balaban J connectivity index is 1.85. The normalized spacial score (nSPS) is 19.7. The zero-order valence-electron chi connectivity index (χ0n) is 11.5. The summed E-state index contributed by atoms with van der Waals surface area (Å²) >= 11 is 0. The van der Waals surface area contributed by atoms with Crippen LogP contribution in [0.1, 0.15) is 26.2 Å². The number of benzene rings is 1. The zero-order valence-corrected chi connectivity index (χ0v) is 11.5. The highest BCUT2D eigenvalue weighted by molar-refractivity contribution is 5.86. The summed E-state index contributed by atoms with van der Waals surface area (Å²) < 4.78 is 13.8. The van der Waals surface area contributed by atoms with Gasteiger partial charge in [-0.15, -0.1) is 0 Å². The van der Waals surface area contributed by atoms with Crippen molar-refractivity contribution < 1.29 is 9.47 Å². The molecule has 0 amide bonds. The quantitative estimate of drug-likeness (QED) is 0.837. The lowest BCUT2D eigenvalue weighted by Crippen LogP contribution is -2.24. The fourth-order valence-electron chi connectivity index (χ4n) is 2.81. The summed E-state index contributed by atoms with van der Waals surface area (Å²) in [7, 11) is 0. The van der Waals surface area contributed by atoms with Gasteiger partial charge in [-0.25, -0.2) is 0 Å². The van der Waals surface area contributed by atoms with Crippen molar-refractivity contribution >= 4 is 10.9 Å². The van der Waals surface area contributed by atoms with Crippen LogP contribution in [0.5, 0.6) is 5.75 Å². The molecule has 3 rings (SSSR count). The molecule has 0 spiro atoms. The first kappa shape index (κ1) is 12.5. The fraction of sp³-hybridized carbons (Fsp3) is 0.500. The predicted octanol–water partition coefficient (Wildman–Crippen LogP) is 3.61. The van der Waals surface area contributed by atoms with Crippen molar-refractivity contribution in [3.05, 3.63) is 30.5 Å². The Morgan fingerprint density at radius 1 is 1.32 bits per heavy atom. The number of ether oxygens (including phenoxy) is 2. The summed E-state index contributed by atoms with van der Waals surface area (Å²) in [6.45, 7) is 4.58. The van der Waals surface area contributed by atoms with E-state index in [9.17, 15) is 0 Å². The molecule has 1 aromatic heterocycles. The average molecular weight is 259 g/mol. The molecule has 19 heavy (non-hydrogen) atoms. The Morgan fingerprint density at radius 3 is 3.05 bits per heavy atom. The second kappa shape index (κ2) is 5.66. The smallest absolute Gasteiger partial charge is 0.128 e. The molecule has 0 bridgehead atoms. The average Bonchev–Trinajstić information content (AvgIpc) is 2.85. The first-order valence-corrected chi connectivity index (χ1v) is 7.20. The lowest BCUT2D eigenvalue weighted by atomic mass is 10.1. The first-order chi connectivity index (χ1) is 9.38. The highest BCUT2D eigenvalue weighted by Gasteiger charge is 2.15. The topological polar surface area (TPSA) is 23.4 Å². The maximum Gasteiger partial charge on any atom is 0.128 e. The first-order valence-electron chi connectivity index (χ1n) is 7.20. The molecule has 1 fully saturated rings. The Kier molecular flexibility index (Phi) is 3.74. The minimum absolute atomic E-state index is 0.361. The molecule has 0 radical (unpaired) electrons. The molecule has 1 aliphatic heterocycles. The van der Waals surface area contributed by atoms with E-state index < -0.39 is 0 Å². The number of rotatable bonds is 4. The standard InChI is InChI=1S/C16H21NO2/c1-2-18-16-8-5-7-15-14(16)9-10-17(15)12-13-6-3-4-11-19-13/h5,7-10,13H,2-4,6,11-12H2,1H3. The Morgan fingerprint density at radius 2 is 2.26 bits per heavy atom. The SMILES string of the molecule is CCOc1cccc2c1ccn2CC1CCCCO1. The molecule has 1 unspecified atom stereocenters. The second-order valence-corrected chi connectivity index (χ2v) is 5.08. The van der Waals surface area contributed by atoms with Gasteiger partial charge >= 0.3 is 0 Å². The van der Waals surface area contributed by atoms with Gasteiger partial charge in [0.25, 0.3) is 0 Å². The molecule has 3 heteroatoms. The third-order valence-electron chi connectivity index (χ3n) is 3.75. The van der Waals surface area contributed by atoms with Crippen molar-refractivity contribution in [2.75, 3.05) is 13.2 Å². The molecule has 102 valence electrons. The molecular weight excluding hydrogens is 238 g/mol. The minimum Gasteiger partial charge on any atom is -0.493 e. The molecule has 1 aromatic carbocycles. The summed E-state index contributed by atoms with van der Waals surface area (Å²) in [4.78, 5) is 0. The van der Waals surface area contributed by atoms with Gasteiger partial charge in [0.05, 0.1) is 18.2 Å². The van der Waals surface area contributed by atoms with Crippen molar-refractivity contribution in [2.24, 2.45) is 0 Å². The maximum atomic E-state index is 5.83. The van der Waals surface area contributed by atoms with E-state index in [1.54, 1.807) is 0 Å². The van der Waals surface area contributed by atoms with E-state index >= 15 is 0 Å².